The molecule has 0 saturated carbocycles. The molecule has 0 radical (unpaired) electrons. The van der Waals surface area contributed by atoms with Crippen molar-refractivity contribution in [2.75, 3.05) is 7.05 Å². The smallest absolute Gasteiger partial charge is 0.269 e. The summed E-state index contributed by atoms with van der Waals surface area (Å²) in [6.07, 6.45) is 1.46. The van der Waals surface area contributed by atoms with E-state index in [0.29, 0.717) is 10.7 Å². The third-order valence-corrected chi connectivity index (χ3v) is 6.08. The number of nitrogens with zero attached hydrogens (tertiary/aromatic N) is 3. The zero-order chi connectivity index (χ0) is 19.8. The molecule has 2 heterocycles. The van der Waals surface area contributed by atoms with Crippen molar-refractivity contribution in [3.05, 3.63) is 65.2 Å². The summed E-state index contributed by atoms with van der Waals surface area (Å²) in [4.78, 5) is 34.1. The zero-order valence-corrected chi connectivity index (χ0v) is 16.0. The fraction of sp³-hybridized carbons (Fsp3) is 0.263. The van der Waals surface area contributed by atoms with Gasteiger partial charge in [-0.3, -0.25) is 14.6 Å². The van der Waals surface area contributed by atoms with Gasteiger partial charge >= 0.3 is 0 Å². The number of aromatic nitrogens is 1. The van der Waals surface area contributed by atoms with E-state index in [1.807, 2.05) is 18.9 Å². The van der Waals surface area contributed by atoms with Gasteiger partial charge in [-0.25, -0.2) is 4.39 Å². The van der Waals surface area contributed by atoms with Crippen LogP contribution in [0.4, 0.5) is 4.39 Å². The van der Waals surface area contributed by atoms with E-state index in [1.165, 1.54) is 36.2 Å². The minimum Gasteiger partial charge on any atom is -0.364 e. The molecule has 2 atom stereocenters. The molecule has 2 aromatic rings. The van der Waals surface area contributed by atoms with Gasteiger partial charge in [0.25, 0.3) is 11.8 Å². The highest BCUT2D eigenvalue weighted by atomic mass is 32.2. The Labute approximate surface area is 160 Å². The third kappa shape index (κ3) is 3.57. The van der Waals surface area contributed by atoms with Crippen molar-refractivity contribution < 1.29 is 14.0 Å². The number of pyridine rings is 1. The zero-order valence-electron chi connectivity index (χ0n) is 15.1. The van der Waals surface area contributed by atoms with E-state index in [1.54, 1.807) is 25.1 Å². The molecule has 8 heteroatoms. The van der Waals surface area contributed by atoms with E-state index in [4.69, 9.17) is 5.73 Å². The number of halogens is 1. The van der Waals surface area contributed by atoms with Gasteiger partial charge in [-0.05, 0) is 49.2 Å². The van der Waals surface area contributed by atoms with Crippen LogP contribution in [-0.4, -0.2) is 33.9 Å². The first kappa shape index (κ1) is 19.0. The van der Waals surface area contributed by atoms with Crippen LogP contribution in [0.5, 0.6) is 0 Å². The van der Waals surface area contributed by atoms with E-state index in [-0.39, 0.29) is 23.5 Å². The lowest BCUT2D eigenvalue weighted by Gasteiger charge is -2.28. The lowest BCUT2D eigenvalue weighted by molar-refractivity contribution is -0.119. The number of thioether (sulfide) groups is 1. The number of benzene rings is 1. The van der Waals surface area contributed by atoms with E-state index >= 15 is 0 Å². The van der Waals surface area contributed by atoms with Gasteiger partial charge in [0.05, 0.1) is 6.04 Å². The molecule has 0 bridgehead atoms. The normalized spacial score (nSPS) is 20.3. The number of aliphatic imine (C=N–C) groups is 1. The molecule has 1 aliphatic heterocycles. The molecular formula is C19H19FN4O2S. The molecule has 27 heavy (non-hydrogen) atoms. The minimum atomic E-state index is -0.973. The van der Waals surface area contributed by atoms with Crippen molar-refractivity contribution in [3.63, 3.8) is 0 Å². The SMILES string of the molecule is C[C@@H](c1ccc(F)cc1)N(C)C1=NC(=O)C(C)(c2ccnc(C(N)=O)c2)S1. The Morgan fingerprint density at radius 3 is 2.59 bits per heavy atom. The van der Waals surface area contributed by atoms with E-state index < -0.39 is 10.7 Å². The lowest BCUT2D eigenvalue weighted by Crippen LogP contribution is -2.29. The summed E-state index contributed by atoms with van der Waals surface area (Å²) in [5.74, 6) is -1.27. The van der Waals surface area contributed by atoms with Crippen molar-refractivity contribution >= 4 is 28.7 Å². The molecule has 0 spiro atoms. The van der Waals surface area contributed by atoms with E-state index in [0.717, 1.165) is 5.56 Å². The average Bonchev–Trinajstić information content (AvgIpc) is 2.97. The van der Waals surface area contributed by atoms with Crippen molar-refractivity contribution in [1.29, 1.82) is 0 Å². The molecule has 1 aliphatic rings. The standard InChI is InChI=1S/C19H19FN4O2S/c1-11(12-4-6-14(20)7-5-12)24(3)18-23-17(26)19(2,27-18)13-8-9-22-15(10-13)16(21)25/h4-11H,1-3H3,(H2,21,25)/t11-,19?/m0/s1. The maximum atomic E-state index is 13.2. The van der Waals surface area contributed by atoms with Gasteiger partial charge in [-0.15, -0.1) is 0 Å². The number of hydrogen-bond acceptors (Lipinski definition) is 5. The minimum absolute atomic E-state index is 0.101. The van der Waals surface area contributed by atoms with Gasteiger partial charge in [0.1, 0.15) is 16.3 Å². The van der Waals surface area contributed by atoms with Crippen LogP contribution in [0.1, 0.15) is 41.5 Å². The van der Waals surface area contributed by atoms with Crippen LogP contribution in [-0.2, 0) is 9.54 Å². The molecule has 2 amide bonds. The van der Waals surface area contributed by atoms with Crippen molar-refractivity contribution in [1.82, 2.24) is 9.88 Å². The molecule has 3 rings (SSSR count). The maximum Gasteiger partial charge on any atom is 0.269 e. The Hall–Kier alpha value is -2.74. The van der Waals surface area contributed by atoms with Gasteiger partial charge in [0.2, 0.25) is 0 Å². The van der Waals surface area contributed by atoms with Crippen LogP contribution < -0.4 is 5.73 Å². The Balaban J connectivity index is 1.85. The molecule has 0 fully saturated rings. The fourth-order valence-corrected chi connectivity index (χ4v) is 3.94. The van der Waals surface area contributed by atoms with Crippen LogP contribution in [0.3, 0.4) is 0 Å². The number of carbonyl (C=O) groups excluding carboxylic acids is 2. The monoisotopic (exact) mass is 386 g/mol. The Morgan fingerprint density at radius 2 is 1.96 bits per heavy atom. The highest BCUT2D eigenvalue weighted by Crippen LogP contribution is 2.44. The Morgan fingerprint density at radius 1 is 1.30 bits per heavy atom. The number of rotatable bonds is 4. The molecule has 1 aromatic carbocycles. The molecule has 2 N–H and O–H groups in total. The van der Waals surface area contributed by atoms with Crippen molar-refractivity contribution in [3.8, 4) is 0 Å². The van der Waals surface area contributed by atoms with Gasteiger partial charge in [0.15, 0.2) is 5.17 Å². The second-order valence-corrected chi connectivity index (χ2v) is 7.85. The number of nitrogens with two attached hydrogens (primary N) is 1. The third-order valence-electron chi connectivity index (χ3n) is 4.70. The number of carbonyl (C=O) groups is 2. The average molecular weight is 386 g/mol. The number of hydrogen-bond donors (Lipinski definition) is 1. The second kappa shape index (κ2) is 7.11. The van der Waals surface area contributed by atoms with Crippen LogP contribution in [0, 0.1) is 5.82 Å². The number of primary amides is 1. The number of amidine groups is 1. The van der Waals surface area contributed by atoms with Gasteiger partial charge in [-0.1, -0.05) is 23.9 Å². The predicted molar refractivity (Wildman–Crippen MR) is 103 cm³/mol. The van der Waals surface area contributed by atoms with E-state index in [2.05, 4.69) is 9.98 Å². The fourth-order valence-electron chi connectivity index (χ4n) is 2.77. The summed E-state index contributed by atoms with van der Waals surface area (Å²) in [6.45, 7) is 3.71. The van der Waals surface area contributed by atoms with Crippen LogP contribution >= 0.6 is 11.8 Å². The van der Waals surface area contributed by atoms with Crippen LogP contribution in [0.25, 0.3) is 0 Å². The summed E-state index contributed by atoms with van der Waals surface area (Å²) in [5.41, 5.74) is 6.91. The van der Waals surface area contributed by atoms with Gasteiger partial charge in [0, 0.05) is 13.2 Å². The molecule has 1 aromatic heterocycles. The molecule has 1 unspecified atom stereocenters. The van der Waals surface area contributed by atoms with Crippen molar-refractivity contribution in [2.24, 2.45) is 10.7 Å². The first-order chi connectivity index (χ1) is 12.7. The van der Waals surface area contributed by atoms with E-state index in [9.17, 15) is 14.0 Å². The second-order valence-electron chi connectivity index (χ2n) is 6.47. The van der Waals surface area contributed by atoms with Gasteiger partial charge in [-0.2, -0.15) is 4.99 Å². The van der Waals surface area contributed by atoms with Gasteiger partial charge < -0.3 is 10.6 Å². The van der Waals surface area contributed by atoms with Crippen LogP contribution in [0.2, 0.25) is 0 Å². The van der Waals surface area contributed by atoms with Crippen molar-refractivity contribution in [2.45, 2.75) is 24.6 Å². The molecule has 0 saturated heterocycles. The molecular weight excluding hydrogens is 367 g/mol. The predicted octanol–water partition coefficient (Wildman–Crippen LogP) is 2.86. The Kier molecular flexibility index (Phi) is 5.01. The molecule has 0 aliphatic carbocycles. The quantitative estimate of drug-likeness (QED) is 0.873. The first-order valence-electron chi connectivity index (χ1n) is 8.29. The summed E-state index contributed by atoms with van der Waals surface area (Å²) in [6, 6.07) is 9.32. The summed E-state index contributed by atoms with van der Waals surface area (Å²) >= 11 is 1.30. The number of amides is 2. The topological polar surface area (TPSA) is 88.7 Å². The first-order valence-corrected chi connectivity index (χ1v) is 9.11. The summed E-state index contributed by atoms with van der Waals surface area (Å²) in [7, 11) is 1.83. The molecule has 140 valence electrons. The van der Waals surface area contributed by atoms with Crippen LogP contribution in [0.15, 0.2) is 47.6 Å². The highest BCUT2D eigenvalue weighted by molar-refractivity contribution is 8.15. The summed E-state index contributed by atoms with van der Waals surface area (Å²) in [5, 5.41) is 0.553. The largest absolute Gasteiger partial charge is 0.364 e. The maximum absolute atomic E-state index is 13.2. The lowest BCUT2D eigenvalue weighted by atomic mass is 10.00. The Bertz CT molecular complexity index is 932. The highest BCUT2D eigenvalue weighted by Gasteiger charge is 2.44. The molecule has 6 nitrogen and oxygen atoms in total. The summed E-state index contributed by atoms with van der Waals surface area (Å²) < 4.78 is 12.2.